The summed E-state index contributed by atoms with van der Waals surface area (Å²) in [5.74, 6) is 0.451. The van der Waals surface area contributed by atoms with E-state index in [1.54, 1.807) is 15.9 Å². The first kappa shape index (κ1) is 13.4. The molecule has 3 heterocycles. The summed E-state index contributed by atoms with van der Waals surface area (Å²) in [6.07, 6.45) is 1.62. The number of tetrazole rings is 1. The fourth-order valence-corrected chi connectivity index (χ4v) is 2.62. The minimum absolute atomic E-state index is 0.172. The van der Waals surface area contributed by atoms with E-state index < -0.39 is 0 Å². The molecule has 2 N–H and O–H groups in total. The van der Waals surface area contributed by atoms with Crippen molar-refractivity contribution in [3.8, 4) is 0 Å². The van der Waals surface area contributed by atoms with Gasteiger partial charge in [0.05, 0.1) is 29.5 Å². The van der Waals surface area contributed by atoms with E-state index in [1.807, 2.05) is 32.2 Å². The number of nitrogens with one attached hydrogen (secondary N) is 2. The zero-order chi connectivity index (χ0) is 16.0. The number of fused-ring (bicyclic) bond motifs is 2. The zero-order valence-corrected chi connectivity index (χ0v) is 12.6. The average molecular weight is 310 g/mol. The van der Waals surface area contributed by atoms with Gasteiger partial charge in [-0.25, -0.2) is 9.67 Å². The van der Waals surface area contributed by atoms with Crippen LogP contribution in [0.5, 0.6) is 0 Å². The number of imidazole rings is 1. The average Bonchev–Trinajstić information content (AvgIpc) is 3.18. The molecule has 0 bridgehead atoms. The van der Waals surface area contributed by atoms with E-state index in [9.17, 15) is 4.79 Å². The molecule has 2 aromatic heterocycles. The lowest BCUT2D eigenvalue weighted by molar-refractivity contribution is -0.113. The minimum Gasteiger partial charge on any atom is -0.345 e. The number of amides is 1. The van der Waals surface area contributed by atoms with Gasteiger partial charge in [-0.05, 0) is 35.5 Å². The number of aromatic nitrogens is 6. The monoisotopic (exact) mass is 310 g/mol. The smallest absolute Gasteiger partial charge is 0.255 e. The largest absolute Gasteiger partial charge is 0.345 e. The standard InChI is InChI=1S/C14H14N8O/c1-8-10(6-22-14(21(8)2)18-19-20-22)13(23)17-9-3-4-11-12(5-9)16-7-15-11/h3-5,7H,6H2,1-2H3,(H,15,16)(H,17,23). The Kier molecular flexibility index (Phi) is 2.86. The summed E-state index contributed by atoms with van der Waals surface area (Å²) in [6.45, 7) is 2.22. The highest BCUT2D eigenvalue weighted by Crippen LogP contribution is 2.24. The van der Waals surface area contributed by atoms with Crippen LogP contribution in [0.15, 0.2) is 35.8 Å². The Bertz CT molecular complexity index is 937. The van der Waals surface area contributed by atoms with Crippen molar-refractivity contribution in [2.24, 2.45) is 0 Å². The molecule has 0 unspecified atom stereocenters. The van der Waals surface area contributed by atoms with E-state index in [4.69, 9.17) is 0 Å². The number of anilines is 2. The number of allylic oxidation sites excluding steroid dienone is 1. The molecule has 0 atom stereocenters. The lowest BCUT2D eigenvalue weighted by Gasteiger charge is -2.26. The summed E-state index contributed by atoms with van der Waals surface area (Å²) in [6, 6.07) is 5.53. The minimum atomic E-state index is -0.172. The van der Waals surface area contributed by atoms with E-state index in [1.165, 1.54) is 0 Å². The molecule has 1 aliphatic heterocycles. The van der Waals surface area contributed by atoms with Crippen molar-refractivity contribution in [1.82, 2.24) is 30.2 Å². The van der Waals surface area contributed by atoms with E-state index in [0.717, 1.165) is 16.7 Å². The number of hydrogen-bond acceptors (Lipinski definition) is 6. The molecule has 116 valence electrons. The van der Waals surface area contributed by atoms with Crippen LogP contribution in [0.1, 0.15) is 6.92 Å². The van der Waals surface area contributed by atoms with E-state index in [-0.39, 0.29) is 5.91 Å². The molecule has 0 spiro atoms. The van der Waals surface area contributed by atoms with Crippen LogP contribution in [0.25, 0.3) is 11.0 Å². The van der Waals surface area contributed by atoms with Crippen LogP contribution in [0.4, 0.5) is 11.6 Å². The van der Waals surface area contributed by atoms with E-state index >= 15 is 0 Å². The number of nitrogens with zero attached hydrogens (tertiary/aromatic N) is 6. The van der Waals surface area contributed by atoms with Crippen molar-refractivity contribution < 1.29 is 4.79 Å². The van der Waals surface area contributed by atoms with Crippen molar-refractivity contribution in [2.75, 3.05) is 17.3 Å². The molecular formula is C14H14N8O. The molecular weight excluding hydrogens is 296 g/mol. The highest BCUT2D eigenvalue weighted by atomic mass is 16.1. The Morgan fingerprint density at radius 1 is 1.39 bits per heavy atom. The van der Waals surface area contributed by atoms with E-state index in [0.29, 0.717) is 23.8 Å². The van der Waals surface area contributed by atoms with Gasteiger partial charge in [0, 0.05) is 18.4 Å². The first-order chi connectivity index (χ1) is 11.1. The Hall–Kier alpha value is -3.23. The summed E-state index contributed by atoms with van der Waals surface area (Å²) in [7, 11) is 1.83. The first-order valence-electron chi connectivity index (χ1n) is 7.07. The van der Waals surface area contributed by atoms with Crippen LogP contribution in [0.3, 0.4) is 0 Å². The molecule has 0 radical (unpaired) electrons. The van der Waals surface area contributed by atoms with Gasteiger partial charge in [-0.2, -0.15) is 0 Å². The van der Waals surface area contributed by atoms with Crippen LogP contribution in [0.2, 0.25) is 0 Å². The Balaban J connectivity index is 1.62. The number of benzene rings is 1. The zero-order valence-electron chi connectivity index (χ0n) is 12.6. The van der Waals surface area contributed by atoms with Gasteiger partial charge in [0.2, 0.25) is 5.95 Å². The molecule has 23 heavy (non-hydrogen) atoms. The maximum atomic E-state index is 12.6. The van der Waals surface area contributed by atoms with Crippen molar-refractivity contribution in [3.05, 3.63) is 35.8 Å². The van der Waals surface area contributed by atoms with Crippen LogP contribution < -0.4 is 10.2 Å². The Morgan fingerprint density at radius 3 is 3.13 bits per heavy atom. The molecule has 9 heteroatoms. The predicted molar refractivity (Wildman–Crippen MR) is 83.6 cm³/mol. The SMILES string of the molecule is CC1=C(C(=O)Nc2ccc3nc[nH]c3c2)Cn2nnnc2N1C. The van der Waals surface area contributed by atoms with Crippen molar-refractivity contribution in [1.29, 1.82) is 0 Å². The van der Waals surface area contributed by atoms with Gasteiger partial charge in [-0.15, -0.1) is 0 Å². The number of rotatable bonds is 2. The second kappa shape index (κ2) is 4.90. The van der Waals surface area contributed by atoms with Crippen LogP contribution in [0, 0.1) is 0 Å². The molecule has 0 saturated heterocycles. The Morgan fingerprint density at radius 2 is 2.26 bits per heavy atom. The third-order valence-electron chi connectivity index (χ3n) is 4.01. The molecule has 0 aliphatic carbocycles. The fraction of sp³-hybridized carbons (Fsp3) is 0.214. The maximum Gasteiger partial charge on any atom is 0.255 e. The van der Waals surface area contributed by atoms with Crippen molar-refractivity contribution in [2.45, 2.75) is 13.5 Å². The first-order valence-corrected chi connectivity index (χ1v) is 7.07. The van der Waals surface area contributed by atoms with Gasteiger partial charge < -0.3 is 15.2 Å². The highest BCUT2D eigenvalue weighted by Gasteiger charge is 2.26. The molecule has 3 aromatic rings. The second-order valence-electron chi connectivity index (χ2n) is 5.35. The number of H-pyrrole nitrogens is 1. The molecule has 4 rings (SSSR count). The quantitative estimate of drug-likeness (QED) is 0.729. The van der Waals surface area contributed by atoms with Crippen LogP contribution in [-0.2, 0) is 11.3 Å². The maximum absolute atomic E-state index is 12.6. The lowest BCUT2D eigenvalue weighted by atomic mass is 10.1. The van der Waals surface area contributed by atoms with E-state index in [2.05, 4.69) is 30.8 Å². The fourth-order valence-electron chi connectivity index (χ4n) is 2.62. The normalized spacial score (nSPS) is 14.3. The summed E-state index contributed by atoms with van der Waals surface area (Å²) < 4.78 is 1.60. The summed E-state index contributed by atoms with van der Waals surface area (Å²) in [5.41, 5.74) is 3.88. The molecule has 1 aliphatic rings. The number of aromatic amines is 1. The summed E-state index contributed by atoms with van der Waals surface area (Å²) in [5, 5.41) is 14.4. The number of carbonyl (C=O) groups excluding carboxylic acids is 1. The van der Waals surface area contributed by atoms with Gasteiger partial charge in [0.25, 0.3) is 5.91 Å². The van der Waals surface area contributed by atoms with Gasteiger partial charge in [0.1, 0.15) is 0 Å². The third-order valence-corrected chi connectivity index (χ3v) is 4.01. The second-order valence-corrected chi connectivity index (χ2v) is 5.35. The molecule has 0 fully saturated rings. The highest BCUT2D eigenvalue weighted by molar-refractivity contribution is 6.05. The predicted octanol–water partition coefficient (Wildman–Crippen LogP) is 0.912. The van der Waals surface area contributed by atoms with Crippen molar-refractivity contribution >= 4 is 28.6 Å². The number of carbonyl (C=O) groups is 1. The Labute approximate surface area is 131 Å². The van der Waals surface area contributed by atoms with Crippen molar-refractivity contribution in [3.63, 3.8) is 0 Å². The van der Waals surface area contributed by atoms with Gasteiger partial charge >= 0.3 is 0 Å². The lowest BCUT2D eigenvalue weighted by Crippen LogP contribution is -2.32. The molecule has 9 nitrogen and oxygen atoms in total. The molecule has 1 amide bonds. The topological polar surface area (TPSA) is 105 Å². The van der Waals surface area contributed by atoms with Gasteiger partial charge in [-0.1, -0.05) is 5.10 Å². The van der Waals surface area contributed by atoms with Crippen LogP contribution >= 0.6 is 0 Å². The molecule has 1 aromatic carbocycles. The third kappa shape index (κ3) is 2.13. The van der Waals surface area contributed by atoms with Crippen LogP contribution in [-0.4, -0.2) is 43.1 Å². The molecule has 0 saturated carbocycles. The summed E-state index contributed by atoms with van der Waals surface area (Å²) >= 11 is 0. The summed E-state index contributed by atoms with van der Waals surface area (Å²) in [4.78, 5) is 21.6. The van der Waals surface area contributed by atoms with Gasteiger partial charge in [0.15, 0.2) is 0 Å². The van der Waals surface area contributed by atoms with Gasteiger partial charge in [-0.3, -0.25) is 4.79 Å². The number of hydrogen-bond donors (Lipinski definition) is 2.